The zero-order valence-electron chi connectivity index (χ0n) is 17.4. The molecule has 0 aliphatic carbocycles. The number of nitrogens with two attached hydrogens (primary N) is 1. The smallest absolute Gasteiger partial charge is 0.407 e. The summed E-state index contributed by atoms with van der Waals surface area (Å²) >= 11 is 1.36. The first kappa shape index (κ1) is 22.5. The first-order valence-electron chi connectivity index (χ1n) is 10.1. The van der Waals surface area contributed by atoms with Crippen LogP contribution in [-0.4, -0.2) is 25.3 Å². The van der Waals surface area contributed by atoms with Crippen LogP contribution in [0.2, 0.25) is 0 Å². The van der Waals surface area contributed by atoms with Gasteiger partial charge < -0.3 is 20.5 Å². The van der Waals surface area contributed by atoms with Crippen molar-refractivity contribution in [2.45, 2.75) is 25.9 Å². The summed E-state index contributed by atoms with van der Waals surface area (Å²) in [5.74, 6) is -0.311. The summed E-state index contributed by atoms with van der Waals surface area (Å²) in [6.45, 7) is 2.77. The van der Waals surface area contributed by atoms with Gasteiger partial charge in [-0.1, -0.05) is 48.5 Å². The van der Waals surface area contributed by atoms with Gasteiger partial charge in [0.15, 0.2) is 0 Å². The largest absolute Gasteiger partial charge is 0.462 e. The monoisotopic (exact) mass is 438 g/mol. The molecule has 1 aromatic heterocycles. The lowest BCUT2D eigenvalue weighted by molar-refractivity contribution is 0.0532. The summed E-state index contributed by atoms with van der Waals surface area (Å²) in [5.41, 5.74) is 10.2. The van der Waals surface area contributed by atoms with E-state index in [1.54, 1.807) is 6.92 Å². The van der Waals surface area contributed by atoms with Crippen molar-refractivity contribution in [3.8, 4) is 11.1 Å². The summed E-state index contributed by atoms with van der Waals surface area (Å²) in [6, 6.07) is 19.0. The van der Waals surface area contributed by atoms with E-state index in [2.05, 4.69) is 5.32 Å². The third-order valence-electron chi connectivity index (χ3n) is 4.67. The topological polar surface area (TPSA) is 90.7 Å². The van der Waals surface area contributed by atoms with Crippen LogP contribution >= 0.6 is 11.3 Å². The third kappa shape index (κ3) is 6.67. The Kier molecular flexibility index (Phi) is 8.20. The van der Waals surface area contributed by atoms with Gasteiger partial charge in [0, 0.05) is 19.0 Å². The zero-order chi connectivity index (χ0) is 22.1. The molecule has 7 heteroatoms. The predicted octanol–water partition coefficient (Wildman–Crippen LogP) is 4.91. The molecular formula is C24H26N2O4S. The predicted molar refractivity (Wildman–Crippen MR) is 122 cm³/mol. The van der Waals surface area contributed by atoms with E-state index in [9.17, 15) is 9.59 Å². The molecule has 0 spiro atoms. The van der Waals surface area contributed by atoms with E-state index in [4.69, 9.17) is 15.2 Å². The van der Waals surface area contributed by atoms with E-state index >= 15 is 0 Å². The number of ether oxygens (including phenoxy) is 2. The molecule has 0 bridgehead atoms. The molecule has 2 aromatic carbocycles. The molecule has 162 valence electrons. The molecule has 0 aliphatic heterocycles. The van der Waals surface area contributed by atoms with Gasteiger partial charge in [-0.15, -0.1) is 11.3 Å². The Morgan fingerprint density at radius 3 is 2.61 bits per heavy atom. The minimum atomic E-state index is -0.463. The highest BCUT2D eigenvalue weighted by molar-refractivity contribution is 7.12. The maximum absolute atomic E-state index is 11.9. The fourth-order valence-electron chi connectivity index (χ4n) is 3.01. The average Bonchev–Trinajstić information content (AvgIpc) is 3.29. The van der Waals surface area contributed by atoms with Gasteiger partial charge in [-0.3, -0.25) is 0 Å². The van der Waals surface area contributed by atoms with Crippen LogP contribution < -0.4 is 11.1 Å². The van der Waals surface area contributed by atoms with Gasteiger partial charge in [-0.25, -0.2) is 9.59 Å². The second-order valence-electron chi connectivity index (χ2n) is 6.92. The van der Waals surface area contributed by atoms with E-state index in [0.29, 0.717) is 24.4 Å². The van der Waals surface area contributed by atoms with E-state index < -0.39 is 6.09 Å². The fraction of sp³-hybridized carbons (Fsp3) is 0.250. The highest BCUT2D eigenvalue weighted by atomic mass is 32.1. The molecule has 0 saturated heterocycles. The van der Waals surface area contributed by atoms with Crippen LogP contribution in [0.15, 0.2) is 66.0 Å². The van der Waals surface area contributed by atoms with E-state index in [-0.39, 0.29) is 18.6 Å². The van der Waals surface area contributed by atoms with Crippen LogP contribution in [0.5, 0.6) is 0 Å². The summed E-state index contributed by atoms with van der Waals surface area (Å²) < 4.78 is 10.3. The molecule has 0 fully saturated rings. The van der Waals surface area contributed by atoms with E-state index in [1.807, 2.05) is 66.0 Å². The minimum absolute atomic E-state index is 0.220. The molecule has 0 saturated carbocycles. The van der Waals surface area contributed by atoms with Crippen molar-refractivity contribution in [2.24, 2.45) is 5.73 Å². The third-order valence-corrected chi connectivity index (χ3v) is 5.58. The summed E-state index contributed by atoms with van der Waals surface area (Å²) in [5, 5.41) is 4.65. The van der Waals surface area contributed by atoms with Crippen molar-refractivity contribution >= 4 is 23.4 Å². The zero-order valence-corrected chi connectivity index (χ0v) is 18.2. The molecule has 6 nitrogen and oxygen atoms in total. The number of esters is 1. The van der Waals surface area contributed by atoms with E-state index in [1.165, 1.54) is 11.3 Å². The van der Waals surface area contributed by atoms with Gasteiger partial charge in [0.2, 0.25) is 0 Å². The number of hydrogen-bond donors (Lipinski definition) is 2. The van der Waals surface area contributed by atoms with Crippen LogP contribution in [0.1, 0.15) is 40.2 Å². The molecule has 3 N–H and O–H groups in total. The maximum Gasteiger partial charge on any atom is 0.407 e. The second kappa shape index (κ2) is 11.3. The minimum Gasteiger partial charge on any atom is -0.462 e. The lowest BCUT2D eigenvalue weighted by atomic mass is 10.00. The van der Waals surface area contributed by atoms with Gasteiger partial charge in [-0.05, 0) is 46.7 Å². The molecule has 3 rings (SSSR count). The molecule has 1 amide bonds. The molecule has 1 atom stereocenters. The number of alkyl carbamates (subject to hydrolysis) is 1. The Balaban J connectivity index is 1.50. The number of rotatable bonds is 9. The number of nitrogens with one attached hydrogen (secondary N) is 1. The van der Waals surface area contributed by atoms with Crippen molar-refractivity contribution in [1.82, 2.24) is 5.32 Å². The summed E-state index contributed by atoms with van der Waals surface area (Å²) in [7, 11) is 0. The van der Waals surface area contributed by atoms with Crippen LogP contribution in [-0.2, 0) is 16.0 Å². The van der Waals surface area contributed by atoms with Gasteiger partial charge >= 0.3 is 12.1 Å². The standard InChI is InChI=1S/C24H26N2O4S/c1-2-29-23(27)22-14-20(16-31-22)18-9-6-10-19(13-18)21(25)11-12-30-24(28)26-15-17-7-4-3-5-8-17/h3-10,13-14,16,21H,2,11-12,15,25H2,1H3,(H,26,28). The van der Waals surface area contributed by atoms with Crippen molar-refractivity contribution in [1.29, 1.82) is 0 Å². The molecule has 31 heavy (non-hydrogen) atoms. The number of carbonyl (C=O) groups excluding carboxylic acids is 2. The van der Waals surface area contributed by atoms with Crippen molar-refractivity contribution in [3.63, 3.8) is 0 Å². The second-order valence-corrected chi connectivity index (χ2v) is 7.83. The number of hydrogen-bond acceptors (Lipinski definition) is 6. The van der Waals surface area contributed by atoms with Crippen LogP contribution in [0.3, 0.4) is 0 Å². The number of carbonyl (C=O) groups is 2. The Hall–Kier alpha value is -3.16. The SMILES string of the molecule is CCOC(=O)c1cc(-c2cccc(C(N)CCOC(=O)NCc3ccccc3)c2)cs1. The van der Waals surface area contributed by atoms with Crippen molar-refractivity contribution < 1.29 is 19.1 Å². The molecule has 1 heterocycles. The maximum atomic E-state index is 11.9. The first-order chi connectivity index (χ1) is 15.1. The molecular weight excluding hydrogens is 412 g/mol. The normalized spacial score (nSPS) is 11.5. The van der Waals surface area contributed by atoms with E-state index in [0.717, 1.165) is 22.3 Å². The number of benzene rings is 2. The van der Waals surface area contributed by atoms with Gasteiger partial charge in [0.25, 0.3) is 0 Å². The molecule has 0 aliphatic rings. The molecule has 1 unspecified atom stereocenters. The Morgan fingerprint density at radius 2 is 1.84 bits per heavy atom. The Morgan fingerprint density at radius 1 is 1.03 bits per heavy atom. The quantitative estimate of drug-likeness (QED) is 0.463. The highest BCUT2D eigenvalue weighted by Gasteiger charge is 2.13. The van der Waals surface area contributed by atoms with Crippen molar-refractivity contribution in [2.75, 3.05) is 13.2 Å². The Labute approximate surface area is 186 Å². The molecule has 0 radical (unpaired) electrons. The van der Waals surface area contributed by atoms with Crippen LogP contribution in [0, 0.1) is 0 Å². The summed E-state index contributed by atoms with van der Waals surface area (Å²) in [6.07, 6.45) is 0.0366. The average molecular weight is 439 g/mol. The fourth-order valence-corrected chi connectivity index (χ4v) is 3.82. The van der Waals surface area contributed by atoms with Crippen LogP contribution in [0.4, 0.5) is 4.79 Å². The lowest BCUT2D eigenvalue weighted by Crippen LogP contribution is -2.25. The highest BCUT2D eigenvalue weighted by Crippen LogP contribution is 2.28. The first-order valence-corrected chi connectivity index (χ1v) is 11.0. The van der Waals surface area contributed by atoms with Crippen LogP contribution in [0.25, 0.3) is 11.1 Å². The van der Waals surface area contributed by atoms with Gasteiger partial charge in [-0.2, -0.15) is 0 Å². The Bertz CT molecular complexity index is 1000. The number of thiophene rings is 1. The van der Waals surface area contributed by atoms with Gasteiger partial charge in [0.1, 0.15) is 4.88 Å². The van der Waals surface area contributed by atoms with Gasteiger partial charge in [0.05, 0.1) is 13.2 Å². The molecule has 3 aromatic rings. The number of amides is 1. The lowest BCUT2D eigenvalue weighted by Gasteiger charge is -2.14. The van der Waals surface area contributed by atoms with Crippen molar-refractivity contribution in [3.05, 3.63) is 82.0 Å². The summed E-state index contributed by atoms with van der Waals surface area (Å²) in [4.78, 5) is 24.3.